The Hall–Kier alpha value is -0.160. The number of hydrogen-bond donors (Lipinski definition) is 3. The Labute approximate surface area is 139 Å². The molecule has 3 fully saturated rings. The summed E-state index contributed by atoms with van der Waals surface area (Å²) in [5, 5.41) is 13.6. The molecule has 0 aromatic rings. The molecule has 0 bridgehead atoms. The van der Waals surface area contributed by atoms with Crippen molar-refractivity contribution in [3.63, 3.8) is 0 Å². The van der Waals surface area contributed by atoms with E-state index in [1.807, 2.05) is 13.8 Å². The van der Waals surface area contributed by atoms with E-state index in [1.54, 1.807) is 0 Å². The molecule has 0 atom stereocenters. The van der Waals surface area contributed by atoms with Crippen LogP contribution >= 0.6 is 0 Å². The van der Waals surface area contributed by atoms with Crippen molar-refractivity contribution in [1.82, 2.24) is 15.5 Å². The predicted octanol–water partition coefficient (Wildman–Crippen LogP) is 2.33. The van der Waals surface area contributed by atoms with Crippen LogP contribution in [0.1, 0.15) is 53.4 Å². The summed E-state index contributed by atoms with van der Waals surface area (Å²) in [6.45, 7) is 16.4. The number of piperidine rings is 1. The maximum absolute atomic E-state index is 7.00. The van der Waals surface area contributed by atoms with Crippen LogP contribution in [0.5, 0.6) is 0 Å². The summed E-state index contributed by atoms with van der Waals surface area (Å²) in [5.74, 6) is 1.88. The van der Waals surface area contributed by atoms with E-state index in [1.165, 1.54) is 65.0 Å². The van der Waals surface area contributed by atoms with E-state index >= 15 is 0 Å². The number of nitrogens with zero attached hydrogens (tertiary/aromatic N) is 1. The molecule has 3 aliphatic heterocycles. The second-order valence-electron chi connectivity index (χ2n) is 6.39. The molecule has 0 amide bonds. The van der Waals surface area contributed by atoms with Crippen molar-refractivity contribution in [3.8, 4) is 0 Å². The highest BCUT2D eigenvalue weighted by Crippen LogP contribution is 2.25. The summed E-state index contributed by atoms with van der Waals surface area (Å²) >= 11 is 0. The molecule has 3 heterocycles. The van der Waals surface area contributed by atoms with E-state index in [0.717, 1.165) is 25.0 Å². The Kier molecular flexibility index (Phi) is 14.3. The molecule has 134 valence electrons. The molecule has 0 saturated carbocycles. The third-order valence-corrected chi connectivity index (χ3v) is 4.75. The van der Waals surface area contributed by atoms with Gasteiger partial charge in [0.2, 0.25) is 0 Å². The van der Waals surface area contributed by atoms with Crippen molar-refractivity contribution in [2.45, 2.75) is 59.4 Å². The highest BCUT2D eigenvalue weighted by atomic mass is 16.2. The molecule has 4 heteroatoms. The maximum atomic E-state index is 7.00. The number of nitrogens with one attached hydrogen (secondary N) is 2. The van der Waals surface area contributed by atoms with E-state index in [-0.39, 0.29) is 0 Å². The zero-order chi connectivity index (χ0) is 16.8. The molecule has 0 aliphatic carbocycles. The first-order valence-corrected chi connectivity index (χ1v) is 9.37. The molecule has 3 aliphatic rings. The van der Waals surface area contributed by atoms with E-state index in [4.69, 9.17) is 5.11 Å². The minimum Gasteiger partial charge on any atom is -0.400 e. The largest absolute Gasteiger partial charge is 0.400 e. The van der Waals surface area contributed by atoms with Crippen molar-refractivity contribution < 1.29 is 5.11 Å². The van der Waals surface area contributed by atoms with Gasteiger partial charge in [0.05, 0.1) is 0 Å². The van der Waals surface area contributed by atoms with E-state index in [2.05, 4.69) is 29.4 Å². The van der Waals surface area contributed by atoms with Gasteiger partial charge in [0.15, 0.2) is 0 Å². The Morgan fingerprint density at radius 2 is 1.41 bits per heavy atom. The summed E-state index contributed by atoms with van der Waals surface area (Å²) < 4.78 is 0. The van der Waals surface area contributed by atoms with Gasteiger partial charge in [-0.2, -0.15) is 0 Å². The topological polar surface area (TPSA) is 47.5 Å². The zero-order valence-corrected chi connectivity index (χ0v) is 15.7. The van der Waals surface area contributed by atoms with Crippen LogP contribution in [0.4, 0.5) is 0 Å². The lowest BCUT2D eigenvalue weighted by atomic mass is 9.86. The molecule has 0 spiro atoms. The lowest BCUT2D eigenvalue weighted by Crippen LogP contribution is -2.58. The summed E-state index contributed by atoms with van der Waals surface area (Å²) in [7, 11) is 1.00. The molecular weight excluding hydrogens is 274 g/mol. The molecule has 22 heavy (non-hydrogen) atoms. The van der Waals surface area contributed by atoms with Gasteiger partial charge in [-0.05, 0) is 63.7 Å². The lowest BCUT2D eigenvalue weighted by Gasteiger charge is -2.43. The van der Waals surface area contributed by atoms with Crippen molar-refractivity contribution in [3.05, 3.63) is 0 Å². The van der Waals surface area contributed by atoms with Gasteiger partial charge in [0, 0.05) is 26.2 Å². The van der Waals surface area contributed by atoms with Gasteiger partial charge in [-0.25, -0.2) is 0 Å². The first-order chi connectivity index (χ1) is 10.8. The minimum absolute atomic E-state index is 0.869. The average molecular weight is 316 g/mol. The van der Waals surface area contributed by atoms with Gasteiger partial charge in [-0.1, -0.05) is 27.7 Å². The number of hydrogen-bond acceptors (Lipinski definition) is 4. The van der Waals surface area contributed by atoms with E-state index < -0.39 is 0 Å². The van der Waals surface area contributed by atoms with Crippen LogP contribution < -0.4 is 10.6 Å². The smallest absolute Gasteiger partial charge is 0.0345 e. The standard InChI is InChI=1S/C11H22N2.C4H9N.C2H6.CH4O/c1-9(2)10-3-5-13(6-4-10)11-7-12-8-11;1-2-4-5-3-1;2*1-2/h9-12H,3-8H2,1-2H3;5H,1-4H2;1-2H3;2H,1H3. The minimum atomic E-state index is 0.869. The number of aliphatic hydroxyl groups is 1. The number of likely N-dealkylation sites (tertiary alicyclic amines) is 1. The normalized spacial score (nSPS) is 22.5. The quantitative estimate of drug-likeness (QED) is 0.732. The molecule has 0 aromatic heterocycles. The molecular formula is C18H41N3O. The Balaban J connectivity index is 0.000000409. The zero-order valence-electron chi connectivity index (χ0n) is 15.7. The number of rotatable bonds is 2. The highest BCUT2D eigenvalue weighted by molar-refractivity contribution is 4.87. The van der Waals surface area contributed by atoms with Crippen molar-refractivity contribution in [2.75, 3.05) is 46.4 Å². The maximum Gasteiger partial charge on any atom is 0.0345 e. The Bertz CT molecular complexity index is 213. The fourth-order valence-electron chi connectivity index (χ4n) is 3.11. The summed E-state index contributed by atoms with van der Waals surface area (Å²) in [5.41, 5.74) is 0. The molecule has 4 nitrogen and oxygen atoms in total. The van der Waals surface area contributed by atoms with Crippen molar-refractivity contribution >= 4 is 0 Å². The number of aliphatic hydroxyl groups excluding tert-OH is 1. The molecule has 3 rings (SSSR count). The van der Waals surface area contributed by atoms with E-state index in [9.17, 15) is 0 Å². The summed E-state index contributed by atoms with van der Waals surface area (Å²) in [6.07, 6.45) is 5.63. The summed E-state index contributed by atoms with van der Waals surface area (Å²) in [4.78, 5) is 2.68. The van der Waals surface area contributed by atoms with Crippen LogP contribution in [0, 0.1) is 11.8 Å². The Morgan fingerprint density at radius 1 is 0.909 bits per heavy atom. The van der Waals surface area contributed by atoms with Crippen LogP contribution in [-0.2, 0) is 0 Å². The van der Waals surface area contributed by atoms with Crippen LogP contribution in [0.15, 0.2) is 0 Å². The Morgan fingerprint density at radius 3 is 1.68 bits per heavy atom. The predicted molar refractivity (Wildman–Crippen MR) is 97.4 cm³/mol. The highest BCUT2D eigenvalue weighted by Gasteiger charge is 2.29. The van der Waals surface area contributed by atoms with Gasteiger partial charge < -0.3 is 15.7 Å². The van der Waals surface area contributed by atoms with E-state index in [0.29, 0.717) is 0 Å². The average Bonchev–Trinajstić information content (AvgIpc) is 3.10. The van der Waals surface area contributed by atoms with Crippen LogP contribution in [-0.4, -0.2) is 62.4 Å². The van der Waals surface area contributed by atoms with Crippen LogP contribution in [0.3, 0.4) is 0 Å². The van der Waals surface area contributed by atoms with Gasteiger partial charge >= 0.3 is 0 Å². The van der Waals surface area contributed by atoms with Crippen LogP contribution in [0.2, 0.25) is 0 Å². The monoisotopic (exact) mass is 315 g/mol. The second kappa shape index (κ2) is 14.4. The fraction of sp³-hybridized carbons (Fsp3) is 1.00. The molecule has 0 aromatic carbocycles. The third kappa shape index (κ3) is 8.47. The van der Waals surface area contributed by atoms with Gasteiger partial charge in [-0.15, -0.1) is 0 Å². The molecule has 0 radical (unpaired) electrons. The van der Waals surface area contributed by atoms with Crippen molar-refractivity contribution in [2.24, 2.45) is 11.8 Å². The first kappa shape index (κ1) is 21.8. The third-order valence-electron chi connectivity index (χ3n) is 4.75. The molecule has 3 N–H and O–H groups in total. The summed E-state index contributed by atoms with van der Waals surface area (Å²) in [6, 6.07) is 0.869. The molecule has 0 unspecified atom stereocenters. The van der Waals surface area contributed by atoms with Crippen molar-refractivity contribution in [1.29, 1.82) is 0 Å². The fourth-order valence-corrected chi connectivity index (χ4v) is 3.11. The van der Waals surface area contributed by atoms with Gasteiger partial charge in [0.25, 0.3) is 0 Å². The van der Waals surface area contributed by atoms with Crippen LogP contribution in [0.25, 0.3) is 0 Å². The lowest BCUT2D eigenvalue weighted by molar-refractivity contribution is 0.0864. The van der Waals surface area contributed by atoms with Gasteiger partial charge in [0.1, 0.15) is 0 Å². The second-order valence-corrected chi connectivity index (χ2v) is 6.39. The molecule has 3 saturated heterocycles. The van der Waals surface area contributed by atoms with Gasteiger partial charge in [-0.3, -0.25) is 4.90 Å². The first-order valence-electron chi connectivity index (χ1n) is 9.37. The SMILES string of the molecule is C1CCNC1.CC.CC(C)C1CCN(C2CNC2)CC1.CO.